The lowest BCUT2D eigenvalue weighted by Crippen LogP contribution is -2.33. The Morgan fingerprint density at radius 1 is 1.10 bits per heavy atom. The Bertz CT molecular complexity index is 790. The van der Waals surface area contributed by atoms with Crippen LogP contribution in [0.15, 0.2) is 36.5 Å². The summed E-state index contributed by atoms with van der Waals surface area (Å²) in [7, 11) is 0. The Morgan fingerprint density at radius 3 is 2.41 bits per heavy atom. The van der Waals surface area contributed by atoms with Crippen LogP contribution in [0.25, 0.3) is 0 Å². The Morgan fingerprint density at radius 2 is 1.83 bits per heavy atom. The van der Waals surface area contributed by atoms with Gasteiger partial charge < -0.3 is 10.1 Å². The maximum absolute atomic E-state index is 14.0. The van der Waals surface area contributed by atoms with Crippen LogP contribution in [0.3, 0.4) is 0 Å². The van der Waals surface area contributed by atoms with E-state index in [2.05, 4.69) is 15.0 Å². The number of aromatic nitrogens is 1. The molecule has 0 aliphatic heterocycles. The third-order valence-corrected chi connectivity index (χ3v) is 4.02. The fraction of sp³-hybridized carbons (Fsp3) is 0.389. The Balaban J connectivity index is 2.32. The van der Waals surface area contributed by atoms with E-state index in [0.717, 1.165) is 12.1 Å². The summed E-state index contributed by atoms with van der Waals surface area (Å²) in [6.07, 6.45) is -10.6. The topological polar surface area (TPSA) is 34.1 Å². The van der Waals surface area contributed by atoms with Crippen LogP contribution < -0.4 is 10.1 Å². The molecule has 1 aromatic heterocycles. The number of hydrogen-bond donors (Lipinski definition) is 1. The maximum Gasteiger partial charge on any atom is 0.461 e. The second-order valence-electron chi connectivity index (χ2n) is 6.02. The molecular weight excluding hydrogens is 429 g/mol. The third kappa shape index (κ3) is 7.04. The van der Waals surface area contributed by atoms with Crippen LogP contribution >= 0.6 is 11.6 Å². The van der Waals surface area contributed by atoms with Crippen LogP contribution in [-0.2, 0) is 0 Å². The van der Waals surface area contributed by atoms with Crippen LogP contribution in [0.5, 0.6) is 5.75 Å². The lowest BCUT2D eigenvalue weighted by atomic mass is 9.94. The molecule has 0 radical (unpaired) electrons. The van der Waals surface area contributed by atoms with Crippen molar-refractivity contribution in [3.05, 3.63) is 58.6 Å². The van der Waals surface area contributed by atoms with Crippen molar-refractivity contribution in [3.8, 4) is 5.75 Å². The number of alkyl halides is 6. The molecule has 0 fully saturated rings. The van der Waals surface area contributed by atoms with E-state index in [0.29, 0.717) is 16.8 Å². The Hall–Kier alpha value is -2.07. The van der Waals surface area contributed by atoms with Gasteiger partial charge in [0, 0.05) is 43.4 Å². The highest BCUT2D eigenvalue weighted by Gasteiger charge is 2.44. The number of nitrogens with zero attached hydrogens (tertiary/aromatic N) is 1. The molecule has 1 aromatic carbocycles. The minimum Gasteiger partial charge on any atom is -0.428 e. The number of pyridine rings is 1. The highest BCUT2D eigenvalue weighted by atomic mass is 35.5. The fourth-order valence-electron chi connectivity index (χ4n) is 2.49. The minimum absolute atomic E-state index is 0.00448. The van der Waals surface area contributed by atoms with Crippen molar-refractivity contribution in [1.29, 1.82) is 0 Å². The molecule has 0 aliphatic rings. The molecule has 0 bridgehead atoms. The number of benzene rings is 1. The van der Waals surface area contributed by atoms with Gasteiger partial charge in [0.2, 0.25) is 6.43 Å². The summed E-state index contributed by atoms with van der Waals surface area (Å²) in [5.74, 6) is -2.59. The summed E-state index contributed by atoms with van der Waals surface area (Å²) in [4.78, 5) is 4.08. The smallest absolute Gasteiger partial charge is 0.428 e. The molecule has 160 valence electrons. The fourth-order valence-corrected chi connectivity index (χ4v) is 2.60. The first kappa shape index (κ1) is 23.2. The zero-order chi connectivity index (χ0) is 21.6. The van der Waals surface area contributed by atoms with Crippen LogP contribution in [0, 0.1) is 5.82 Å². The van der Waals surface area contributed by atoms with Crippen molar-refractivity contribution in [3.63, 3.8) is 0 Å². The second kappa shape index (κ2) is 10.1. The van der Waals surface area contributed by atoms with E-state index in [1.807, 2.05) is 0 Å². The standard InChI is InChI=1S/C18H16ClF7N2O/c19-11-1-2-15(28-8-11)14(9-27-4-3-16(21)22)10-5-12(20)7-13(6-10)29-18(25,26)17(23)24/h1-2,5-8,14,16-17,27H,3-4,9H2/t14-/m0/s1. The van der Waals surface area contributed by atoms with Crippen molar-refractivity contribution < 1.29 is 35.5 Å². The molecule has 2 rings (SSSR count). The summed E-state index contributed by atoms with van der Waals surface area (Å²) in [6, 6.07) is 5.47. The highest BCUT2D eigenvalue weighted by Crippen LogP contribution is 2.32. The van der Waals surface area contributed by atoms with Gasteiger partial charge in [0.15, 0.2) is 0 Å². The summed E-state index contributed by atoms with van der Waals surface area (Å²) in [5.41, 5.74) is 0.403. The van der Waals surface area contributed by atoms with E-state index < -0.39 is 42.9 Å². The normalized spacial score (nSPS) is 13.2. The molecule has 3 nitrogen and oxygen atoms in total. The number of hydrogen-bond acceptors (Lipinski definition) is 3. The summed E-state index contributed by atoms with van der Waals surface area (Å²) >= 11 is 5.78. The lowest BCUT2D eigenvalue weighted by molar-refractivity contribution is -0.253. The Labute approximate surface area is 166 Å². The SMILES string of the molecule is Fc1cc(OC(F)(F)C(F)F)cc([C@H](CNCCC(F)F)c2ccc(Cl)cn2)c1. The first-order valence-electron chi connectivity index (χ1n) is 8.34. The zero-order valence-electron chi connectivity index (χ0n) is 14.7. The van der Waals surface area contributed by atoms with Gasteiger partial charge in [-0.05, 0) is 29.8 Å². The number of halogens is 8. The van der Waals surface area contributed by atoms with E-state index in [1.165, 1.54) is 18.3 Å². The van der Waals surface area contributed by atoms with Crippen molar-refractivity contribution in [2.75, 3.05) is 13.1 Å². The van der Waals surface area contributed by atoms with Crippen LogP contribution in [0.4, 0.5) is 30.7 Å². The molecule has 2 aromatic rings. The van der Waals surface area contributed by atoms with Gasteiger partial charge in [0.1, 0.15) is 11.6 Å². The van der Waals surface area contributed by atoms with Gasteiger partial charge in [-0.2, -0.15) is 17.6 Å². The van der Waals surface area contributed by atoms with Gasteiger partial charge in [-0.1, -0.05) is 11.6 Å². The van der Waals surface area contributed by atoms with Gasteiger partial charge in [0.05, 0.1) is 5.02 Å². The summed E-state index contributed by atoms with van der Waals surface area (Å²) in [6.45, 7) is -0.0701. The first-order valence-corrected chi connectivity index (χ1v) is 8.72. The van der Waals surface area contributed by atoms with Crippen molar-refractivity contribution in [2.45, 2.75) is 31.3 Å². The lowest BCUT2D eigenvalue weighted by Gasteiger charge is -2.21. The van der Waals surface area contributed by atoms with Gasteiger partial charge in [-0.25, -0.2) is 13.2 Å². The number of rotatable bonds is 10. The largest absolute Gasteiger partial charge is 0.461 e. The highest BCUT2D eigenvalue weighted by molar-refractivity contribution is 6.30. The van der Waals surface area contributed by atoms with E-state index in [9.17, 15) is 30.7 Å². The molecule has 0 aliphatic carbocycles. The van der Waals surface area contributed by atoms with Crippen molar-refractivity contribution >= 4 is 11.6 Å². The monoisotopic (exact) mass is 444 g/mol. The van der Waals surface area contributed by atoms with Gasteiger partial charge in [-0.15, -0.1) is 0 Å². The van der Waals surface area contributed by atoms with E-state index in [-0.39, 0.29) is 18.7 Å². The minimum atomic E-state index is -4.81. The molecule has 0 saturated heterocycles. The summed E-state index contributed by atoms with van der Waals surface area (Å²) < 4.78 is 93.7. The van der Waals surface area contributed by atoms with Crippen LogP contribution in [0.2, 0.25) is 5.02 Å². The van der Waals surface area contributed by atoms with E-state index in [1.54, 1.807) is 0 Å². The molecule has 0 unspecified atom stereocenters. The quantitative estimate of drug-likeness (QED) is 0.389. The third-order valence-electron chi connectivity index (χ3n) is 3.80. The molecule has 0 saturated carbocycles. The zero-order valence-corrected chi connectivity index (χ0v) is 15.5. The van der Waals surface area contributed by atoms with Crippen LogP contribution in [0.1, 0.15) is 23.6 Å². The Kier molecular flexibility index (Phi) is 8.09. The second-order valence-corrected chi connectivity index (χ2v) is 6.46. The molecule has 0 spiro atoms. The number of ether oxygens (including phenoxy) is 1. The molecule has 0 amide bonds. The average molecular weight is 445 g/mol. The van der Waals surface area contributed by atoms with Gasteiger partial charge in [0.25, 0.3) is 0 Å². The van der Waals surface area contributed by atoms with Crippen molar-refractivity contribution in [2.24, 2.45) is 0 Å². The molecule has 1 heterocycles. The predicted octanol–water partition coefficient (Wildman–Crippen LogP) is 5.49. The molecule has 29 heavy (non-hydrogen) atoms. The van der Waals surface area contributed by atoms with Gasteiger partial charge in [-0.3, -0.25) is 4.98 Å². The van der Waals surface area contributed by atoms with E-state index in [4.69, 9.17) is 11.6 Å². The first-order chi connectivity index (χ1) is 13.6. The maximum atomic E-state index is 14.0. The average Bonchev–Trinajstić information content (AvgIpc) is 2.61. The van der Waals surface area contributed by atoms with Crippen molar-refractivity contribution in [1.82, 2.24) is 10.3 Å². The predicted molar refractivity (Wildman–Crippen MR) is 92.6 cm³/mol. The number of nitrogens with one attached hydrogen (secondary N) is 1. The molecule has 1 atom stereocenters. The molecule has 1 N–H and O–H groups in total. The molecule has 11 heteroatoms. The van der Waals surface area contributed by atoms with E-state index >= 15 is 0 Å². The summed E-state index contributed by atoms with van der Waals surface area (Å²) in [5, 5.41) is 3.05. The molecular formula is C18H16ClF7N2O. The van der Waals surface area contributed by atoms with Gasteiger partial charge >= 0.3 is 12.5 Å². The van der Waals surface area contributed by atoms with Crippen LogP contribution in [-0.4, -0.2) is 37.0 Å².